The van der Waals surface area contributed by atoms with E-state index in [1.807, 2.05) is 13.8 Å². The first-order valence-electron chi connectivity index (χ1n) is 11.8. The van der Waals surface area contributed by atoms with E-state index in [1.54, 1.807) is 7.11 Å². The summed E-state index contributed by atoms with van der Waals surface area (Å²) in [7, 11) is 5.94. The van der Waals surface area contributed by atoms with Crippen LogP contribution in [0.1, 0.15) is 64.2 Å². The molecule has 31 heavy (non-hydrogen) atoms. The topological polar surface area (TPSA) is 50.8 Å². The third-order valence-electron chi connectivity index (χ3n) is 8.42. The summed E-state index contributed by atoms with van der Waals surface area (Å²) in [5, 5.41) is 3.50. The lowest BCUT2D eigenvalue weighted by Crippen LogP contribution is -2.59. The third-order valence-corrected chi connectivity index (χ3v) is 8.42. The average Bonchev–Trinajstić information content (AvgIpc) is 3.19. The summed E-state index contributed by atoms with van der Waals surface area (Å²) >= 11 is 0. The molecule has 2 bridgehead atoms. The standard InChI is InChI=1S/C26H40N2O3/c1-16(2)23(29)27-24-25(3,4)18-13-20-22(31-11-10-26(20,24)14-18)19-12-17(15-28(5)6)8-9-21(19)30-7/h8-9,12,16,18,20,22,24H,10-11,13-15H2,1-7H3,(H,27,29)/t18-,20-,22-,24+,26?/m1/s1. The summed E-state index contributed by atoms with van der Waals surface area (Å²) in [5.41, 5.74) is 2.66. The minimum Gasteiger partial charge on any atom is -0.496 e. The van der Waals surface area contributed by atoms with Gasteiger partial charge in [0, 0.05) is 30.7 Å². The molecule has 3 fully saturated rings. The number of methoxy groups -OCH3 is 1. The van der Waals surface area contributed by atoms with Crippen molar-refractivity contribution in [3.05, 3.63) is 29.3 Å². The van der Waals surface area contributed by atoms with Gasteiger partial charge in [0.25, 0.3) is 0 Å². The lowest BCUT2D eigenvalue weighted by molar-refractivity contribution is -0.139. The monoisotopic (exact) mass is 428 g/mol. The molecular weight excluding hydrogens is 388 g/mol. The maximum Gasteiger partial charge on any atom is 0.222 e. The Morgan fingerprint density at radius 2 is 2.06 bits per heavy atom. The van der Waals surface area contributed by atoms with Gasteiger partial charge in [-0.1, -0.05) is 33.8 Å². The van der Waals surface area contributed by atoms with Crippen LogP contribution in [0, 0.1) is 28.6 Å². The van der Waals surface area contributed by atoms with E-state index < -0.39 is 0 Å². The molecule has 2 saturated carbocycles. The SMILES string of the molecule is COc1ccc(CN(C)C)cc1[C@H]1OCCC23C[C@@H](C[C@H]12)C(C)(C)[C@@H]3NC(=O)C(C)C. The fraction of sp³-hybridized carbons (Fsp3) is 0.731. The van der Waals surface area contributed by atoms with Crippen molar-refractivity contribution in [2.45, 2.75) is 65.6 Å². The fourth-order valence-corrected chi connectivity index (χ4v) is 6.87. The second kappa shape index (κ2) is 8.08. The van der Waals surface area contributed by atoms with Crippen LogP contribution < -0.4 is 10.1 Å². The molecule has 1 aliphatic heterocycles. The number of fused-ring (bicyclic) bond motifs is 1. The van der Waals surface area contributed by atoms with Gasteiger partial charge in [-0.15, -0.1) is 0 Å². The van der Waals surface area contributed by atoms with E-state index in [0.29, 0.717) is 11.8 Å². The van der Waals surface area contributed by atoms with Gasteiger partial charge in [-0.25, -0.2) is 0 Å². The molecule has 1 heterocycles. The summed E-state index contributed by atoms with van der Waals surface area (Å²) in [6, 6.07) is 6.72. The van der Waals surface area contributed by atoms with E-state index in [-0.39, 0.29) is 34.8 Å². The van der Waals surface area contributed by atoms with Crippen molar-refractivity contribution in [3.8, 4) is 5.75 Å². The first kappa shape index (κ1) is 22.6. The quantitative estimate of drug-likeness (QED) is 0.729. The number of nitrogens with one attached hydrogen (secondary N) is 1. The van der Waals surface area contributed by atoms with Gasteiger partial charge in [0.15, 0.2) is 0 Å². The minimum atomic E-state index is 0.00298. The van der Waals surface area contributed by atoms with Gasteiger partial charge >= 0.3 is 0 Å². The van der Waals surface area contributed by atoms with Crippen LogP contribution in [0.4, 0.5) is 0 Å². The molecule has 3 aliphatic rings. The highest BCUT2D eigenvalue weighted by atomic mass is 16.5. The highest BCUT2D eigenvalue weighted by molar-refractivity contribution is 5.78. The summed E-state index contributed by atoms with van der Waals surface area (Å²) in [6.45, 7) is 10.3. The Hall–Kier alpha value is -1.59. The Morgan fingerprint density at radius 1 is 1.32 bits per heavy atom. The van der Waals surface area contributed by atoms with Crippen LogP contribution in [0.3, 0.4) is 0 Å². The molecule has 5 atom stereocenters. The zero-order valence-corrected chi connectivity index (χ0v) is 20.3. The Kier molecular flexibility index (Phi) is 5.89. The predicted molar refractivity (Wildman–Crippen MR) is 123 cm³/mol. The second-order valence-corrected chi connectivity index (χ2v) is 11.2. The molecule has 172 valence electrons. The summed E-state index contributed by atoms with van der Waals surface area (Å²) < 4.78 is 12.3. The summed E-state index contributed by atoms with van der Waals surface area (Å²) in [5.74, 6) is 2.10. The molecular formula is C26H40N2O3. The van der Waals surface area contributed by atoms with Crippen molar-refractivity contribution < 1.29 is 14.3 Å². The van der Waals surface area contributed by atoms with Crippen LogP contribution >= 0.6 is 0 Å². The normalized spacial score (nSPS) is 33.6. The number of benzene rings is 1. The van der Waals surface area contributed by atoms with Crippen molar-refractivity contribution >= 4 is 5.91 Å². The first-order valence-corrected chi connectivity index (χ1v) is 11.8. The molecule has 1 aromatic carbocycles. The van der Waals surface area contributed by atoms with Crippen molar-refractivity contribution in [1.82, 2.24) is 10.2 Å². The molecule has 1 aromatic rings. The first-order chi connectivity index (χ1) is 14.6. The van der Waals surface area contributed by atoms with Crippen molar-refractivity contribution in [1.29, 1.82) is 0 Å². The van der Waals surface area contributed by atoms with E-state index in [1.165, 1.54) is 17.5 Å². The molecule has 1 amide bonds. The third kappa shape index (κ3) is 3.68. The van der Waals surface area contributed by atoms with Crippen LogP contribution in [0.15, 0.2) is 18.2 Å². The molecule has 0 radical (unpaired) electrons. The molecule has 1 spiro atoms. The van der Waals surface area contributed by atoms with Gasteiger partial charge in [0.1, 0.15) is 5.75 Å². The molecule has 1 unspecified atom stereocenters. The summed E-state index contributed by atoms with van der Waals surface area (Å²) in [4.78, 5) is 15.0. The Bertz CT molecular complexity index is 834. The number of carbonyl (C=O) groups is 1. The van der Waals surface area contributed by atoms with Crippen LogP contribution in [0.5, 0.6) is 5.75 Å². The number of nitrogens with zero attached hydrogens (tertiary/aromatic N) is 1. The zero-order chi connectivity index (χ0) is 22.6. The number of amides is 1. The maximum absolute atomic E-state index is 12.8. The van der Waals surface area contributed by atoms with Crippen LogP contribution in [0.25, 0.3) is 0 Å². The van der Waals surface area contributed by atoms with Gasteiger partial charge < -0.3 is 19.7 Å². The predicted octanol–water partition coefficient (Wildman–Crippen LogP) is 4.41. The number of ether oxygens (including phenoxy) is 2. The Labute approximate surface area is 187 Å². The van der Waals surface area contributed by atoms with E-state index in [2.05, 4.69) is 56.4 Å². The van der Waals surface area contributed by atoms with E-state index in [4.69, 9.17) is 9.47 Å². The fourth-order valence-electron chi connectivity index (χ4n) is 6.87. The molecule has 4 rings (SSSR count). The maximum atomic E-state index is 12.8. The lowest BCUT2D eigenvalue weighted by Gasteiger charge is -2.53. The lowest BCUT2D eigenvalue weighted by atomic mass is 9.58. The van der Waals surface area contributed by atoms with Gasteiger partial charge in [-0.2, -0.15) is 0 Å². The van der Waals surface area contributed by atoms with Crippen LogP contribution in [0.2, 0.25) is 0 Å². The minimum absolute atomic E-state index is 0.00298. The van der Waals surface area contributed by atoms with Crippen LogP contribution in [-0.4, -0.2) is 44.7 Å². The zero-order valence-electron chi connectivity index (χ0n) is 20.3. The largest absolute Gasteiger partial charge is 0.496 e. The smallest absolute Gasteiger partial charge is 0.222 e. The number of carbonyl (C=O) groups excluding carboxylic acids is 1. The highest BCUT2D eigenvalue weighted by Crippen LogP contribution is 2.70. The van der Waals surface area contributed by atoms with E-state index >= 15 is 0 Å². The van der Waals surface area contributed by atoms with Crippen molar-refractivity contribution in [3.63, 3.8) is 0 Å². The second-order valence-electron chi connectivity index (χ2n) is 11.2. The Morgan fingerprint density at radius 3 is 2.71 bits per heavy atom. The van der Waals surface area contributed by atoms with Gasteiger partial charge in [-0.3, -0.25) is 4.79 Å². The van der Waals surface area contributed by atoms with Crippen molar-refractivity contribution in [2.24, 2.45) is 28.6 Å². The molecule has 1 N–H and O–H groups in total. The van der Waals surface area contributed by atoms with Crippen molar-refractivity contribution in [2.75, 3.05) is 27.8 Å². The molecule has 5 heteroatoms. The number of hydrogen-bond donors (Lipinski definition) is 1. The van der Waals surface area contributed by atoms with E-state index in [0.717, 1.165) is 31.7 Å². The van der Waals surface area contributed by atoms with Gasteiger partial charge in [0.05, 0.1) is 13.2 Å². The molecule has 5 nitrogen and oxygen atoms in total. The van der Waals surface area contributed by atoms with E-state index in [9.17, 15) is 4.79 Å². The average molecular weight is 429 g/mol. The molecule has 0 aromatic heterocycles. The number of rotatable bonds is 6. The van der Waals surface area contributed by atoms with Gasteiger partial charge in [-0.05, 0) is 73.7 Å². The molecule has 2 aliphatic carbocycles. The molecule has 1 saturated heterocycles. The van der Waals surface area contributed by atoms with Crippen LogP contribution in [-0.2, 0) is 16.1 Å². The van der Waals surface area contributed by atoms with Gasteiger partial charge in [0.2, 0.25) is 5.91 Å². The number of hydrogen-bond acceptors (Lipinski definition) is 4. The Balaban J connectivity index is 1.71. The highest BCUT2D eigenvalue weighted by Gasteiger charge is 2.68. The summed E-state index contributed by atoms with van der Waals surface area (Å²) in [6.07, 6.45) is 3.39.